The minimum absolute atomic E-state index is 0.0324. The van der Waals surface area contributed by atoms with Gasteiger partial charge in [0.2, 0.25) is 10.0 Å². The number of nitrogens with one attached hydrogen (secondary N) is 2. The van der Waals surface area contributed by atoms with Crippen LogP contribution in [-0.2, 0) is 14.8 Å². The molecule has 0 spiro atoms. The molecule has 1 unspecified atom stereocenters. The molecule has 0 bridgehead atoms. The van der Waals surface area contributed by atoms with Crippen molar-refractivity contribution in [3.63, 3.8) is 0 Å². The van der Waals surface area contributed by atoms with Crippen molar-refractivity contribution in [3.05, 3.63) is 40.3 Å². The van der Waals surface area contributed by atoms with Gasteiger partial charge in [0.15, 0.2) is 5.01 Å². The van der Waals surface area contributed by atoms with Crippen LogP contribution in [0.3, 0.4) is 0 Å². The second-order valence-electron chi connectivity index (χ2n) is 8.47. The SMILES string of the molecule is CCC(Br)Oc1ccc(S(=O)(=O)NCCCN2CCOCC2)cc1-c1nc(C(C)C)cc(=O)[nH]1. The van der Waals surface area contributed by atoms with Crippen molar-refractivity contribution in [2.75, 3.05) is 39.4 Å². The second kappa shape index (κ2) is 12.3. The lowest BCUT2D eigenvalue weighted by Gasteiger charge is -2.26. The Balaban J connectivity index is 1.85. The molecule has 1 saturated heterocycles. The highest BCUT2D eigenvalue weighted by atomic mass is 79.9. The number of nitrogens with zero attached hydrogens (tertiary/aromatic N) is 2. The van der Waals surface area contributed by atoms with Crippen LogP contribution in [0.4, 0.5) is 0 Å². The van der Waals surface area contributed by atoms with E-state index in [4.69, 9.17) is 9.47 Å². The van der Waals surface area contributed by atoms with E-state index in [2.05, 4.69) is 35.5 Å². The molecule has 1 aromatic heterocycles. The van der Waals surface area contributed by atoms with Crippen molar-refractivity contribution in [3.8, 4) is 17.1 Å². The summed E-state index contributed by atoms with van der Waals surface area (Å²) in [5.74, 6) is 0.732. The van der Waals surface area contributed by atoms with E-state index in [-0.39, 0.29) is 27.2 Å². The van der Waals surface area contributed by atoms with Crippen LogP contribution in [0.15, 0.2) is 34.0 Å². The summed E-state index contributed by atoms with van der Waals surface area (Å²) in [6, 6.07) is 6.05. The standard InChI is InChI=1S/C23H33BrN4O5S/c1-4-21(24)33-20-7-6-17(14-18(20)23-26-19(16(2)3)15-22(29)27-23)34(30,31)25-8-5-9-28-10-12-32-13-11-28/h6-7,14-16,21,25H,4-5,8-13H2,1-3H3,(H,26,27,29). The number of rotatable bonds is 11. The average Bonchev–Trinajstić information content (AvgIpc) is 2.82. The number of halogens is 1. The Morgan fingerprint density at radius 1 is 1.26 bits per heavy atom. The molecular formula is C23H33BrN4O5S. The lowest BCUT2D eigenvalue weighted by atomic mass is 10.1. The predicted molar refractivity (Wildman–Crippen MR) is 135 cm³/mol. The van der Waals surface area contributed by atoms with Gasteiger partial charge >= 0.3 is 0 Å². The predicted octanol–water partition coefficient (Wildman–Crippen LogP) is 3.07. The first-order valence-electron chi connectivity index (χ1n) is 11.6. The van der Waals surface area contributed by atoms with E-state index in [0.717, 1.165) is 19.6 Å². The zero-order valence-corrected chi connectivity index (χ0v) is 22.2. The lowest BCUT2D eigenvalue weighted by molar-refractivity contribution is 0.0376. The maximum Gasteiger partial charge on any atom is 0.251 e. The molecule has 2 aromatic rings. The van der Waals surface area contributed by atoms with E-state index in [0.29, 0.717) is 49.6 Å². The number of aromatic amines is 1. The fourth-order valence-corrected chi connectivity index (χ4v) is 4.80. The van der Waals surface area contributed by atoms with E-state index < -0.39 is 10.0 Å². The summed E-state index contributed by atoms with van der Waals surface area (Å²) in [7, 11) is -3.76. The number of aromatic nitrogens is 2. The molecule has 1 aliphatic heterocycles. The van der Waals surface area contributed by atoms with Gasteiger partial charge in [-0.25, -0.2) is 18.1 Å². The van der Waals surface area contributed by atoms with E-state index in [1.54, 1.807) is 6.07 Å². The minimum Gasteiger partial charge on any atom is -0.479 e. The number of hydrogen-bond acceptors (Lipinski definition) is 7. The average molecular weight is 558 g/mol. The summed E-state index contributed by atoms with van der Waals surface area (Å²) in [6.45, 7) is 10.1. The van der Waals surface area contributed by atoms with Crippen molar-refractivity contribution in [2.45, 2.75) is 49.4 Å². The topological polar surface area (TPSA) is 114 Å². The molecular weight excluding hydrogens is 524 g/mol. The lowest BCUT2D eigenvalue weighted by Crippen LogP contribution is -2.38. The summed E-state index contributed by atoms with van der Waals surface area (Å²) >= 11 is 3.45. The largest absolute Gasteiger partial charge is 0.479 e. The maximum absolute atomic E-state index is 13.0. The zero-order chi connectivity index (χ0) is 24.7. The number of H-pyrrole nitrogens is 1. The van der Waals surface area contributed by atoms with Crippen molar-refractivity contribution in [1.29, 1.82) is 0 Å². The first kappa shape index (κ1) is 26.8. The van der Waals surface area contributed by atoms with Crippen molar-refractivity contribution in [2.24, 2.45) is 0 Å². The number of alkyl halides is 1. The first-order chi connectivity index (χ1) is 16.2. The van der Waals surface area contributed by atoms with Crippen LogP contribution in [0.1, 0.15) is 45.2 Å². The molecule has 9 nitrogen and oxygen atoms in total. The highest BCUT2D eigenvalue weighted by Gasteiger charge is 2.20. The van der Waals surface area contributed by atoms with E-state index >= 15 is 0 Å². The Hall–Kier alpha value is -1.79. The van der Waals surface area contributed by atoms with Crippen LogP contribution in [-0.4, -0.2) is 67.7 Å². The molecule has 0 saturated carbocycles. The maximum atomic E-state index is 13.0. The Morgan fingerprint density at radius 2 is 2.00 bits per heavy atom. The molecule has 1 fully saturated rings. The Morgan fingerprint density at radius 3 is 2.68 bits per heavy atom. The Kier molecular flexibility index (Phi) is 9.66. The third kappa shape index (κ3) is 7.35. The monoisotopic (exact) mass is 556 g/mol. The van der Waals surface area contributed by atoms with Gasteiger partial charge in [-0.05, 0) is 59.4 Å². The van der Waals surface area contributed by atoms with Gasteiger partial charge in [-0.2, -0.15) is 0 Å². The molecule has 0 amide bonds. The van der Waals surface area contributed by atoms with E-state index in [9.17, 15) is 13.2 Å². The summed E-state index contributed by atoms with van der Waals surface area (Å²) in [5, 5.41) is -0.271. The van der Waals surface area contributed by atoms with Crippen LogP contribution in [0, 0.1) is 0 Å². The third-order valence-corrected chi connectivity index (χ3v) is 7.79. The molecule has 188 valence electrons. The first-order valence-corrected chi connectivity index (χ1v) is 14.0. The van der Waals surface area contributed by atoms with Crippen LogP contribution in [0.5, 0.6) is 5.75 Å². The van der Waals surface area contributed by atoms with Gasteiger partial charge in [-0.1, -0.05) is 20.8 Å². The fourth-order valence-electron chi connectivity index (χ4n) is 3.50. The molecule has 1 atom stereocenters. The third-order valence-electron chi connectivity index (χ3n) is 5.49. The highest BCUT2D eigenvalue weighted by molar-refractivity contribution is 9.09. The molecule has 11 heteroatoms. The highest BCUT2D eigenvalue weighted by Crippen LogP contribution is 2.32. The molecule has 2 N–H and O–H groups in total. The van der Waals surface area contributed by atoms with Crippen molar-refractivity contribution in [1.82, 2.24) is 19.6 Å². The van der Waals surface area contributed by atoms with Gasteiger partial charge in [0.1, 0.15) is 11.6 Å². The zero-order valence-electron chi connectivity index (χ0n) is 19.8. The van der Waals surface area contributed by atoms with Gasteiger partial charge in [0, 0.05) is 25.7 Å². The summed E-state index contributed by atoms with van der Waals surface area (Å²) < 4.78 is 40.0. The van der Waals surface area contributed by atoms with Gasteiger partial charge in [0.25, 0.3) is 5.56 Å². The number of ether oxygens (including phenoxy) is 2. The van der Waals surface area contributed by atoms with Crippen molar-refractivity contribution >= 4 is 26.0 Å². The number of hydrogen-bond donors (Lipinski definition) is 2. The minimum atomic E-state index is -3.76. The van der Waals surface area contributed by atoms with Crippen LogP contribution in [0.25, 0.3) is 11.4 Å². The van der Waals surface area contributed by atoms with Gasteiger partial charge in [-0.15, -0.1) is 0 Å². The summed E-state index contributed by atoms with van der Waals surface area (Å²) in [4.78, 5) is 21.9. The van der Waals surface area contributed by atoms with Gasteiger partial charge in [0.05, 0.1) is 29.4 Å². The van der Waals surface area contributed by atoms with Crippen molar-refractivity contribution < 1.29 is 17.9 Å². The summed E-state index contributed by atoms with van der Waals surface area (Å²) in [5.41, 5.74) is 0.721. The molecule has 2 heterocycles. The smallest absolute Gasteiger partial charge is 0.251 e. The molecule has 1 aliphatic rings. The number of morpholine rings is 1. The summed E-state index contributed by atoms with van der Waals surface area (Å²) in [6.07, 6.45) is 1.39. The molecule has 0 aliphatic carbocycles. The fraction of sp³-hybridized carbons (Fsp3) is 0.565. The number of benzene rings is 1. The second-order valence-corrected chi connectivity index (χ2v) is 11.3. The van der Waals surface area contributed by atoms with Gasteiger partial charge in [-0.3, -0.25) is 9.69 Å². The van der Waals surface area contributed by atoms with Gasteiger partial charge < -0.3 is 14.5 Å². The Bertz CT molecular complexity index is 1120. The van der Waals surface area contributed by atoms with Crippen LogP contribution in [0.2, 0.25) is 0 Å². The molecule has 1 aromatic carbocycles. The van der Waals surface area contributed by atoms with E-state index in [1.165, 1.54) is 18.2 Å². The molecule has 0 radical (unpaired) electrons. The molecule has 34 heavy (non-hydrogen) atoms. The molecule has 3 rings (SSSR count). The quantitative estimate of drug-likeness (QED) is 0.323. The van der Waals surface area contributed by atoms with Crippen LogP contribution < -0.4 is 15.0 Å². The van der Waals surface area contributed by atoms with Crippen LogP contribution >= 0.6 is 15.9 Å². The van der Waals surface area contributed by atoms with E-state index in [1.807, 2.05) is 20.8 Å². The number of sulfonamides is 1. The Labute approximate surface area is 209 Å². The normalized spacial score (nSPS) is 16.0.